The fraction of sp³-hybridized carbons (Fsp3) is 0.667. The average Bonchev–Trinajstić information content (AvgIpc) is 2.63. The zero-order valence-electron chi connectivity index (χ0n) is 16.0. The molecule has 0 spiro atoms. The summed E-state index contributed by atoms with van der Waals surface area (Å²) in [4.78, 5) is 29.0. The second-order valence-electron chi connectivity index (χ2n) is 9.12. The molecule has 4 bridgehead atoms. The largest absolute Gasteiger partial charge is 0.390 e. The molecule has 27 heavy (non-hydrogen) atoms. The number of amides is 2. The summed E-state index contributed by atoms with van der Waals surface area (Å²) in [5, 5.41) is 16.9. The molecule has 0 saturated heterocycles. The van der Waals surface area contributed by atoms with Gasteiger partial charge in [-0.1, -0.05) is 13.3 Å². The van der Waals surface area contributed by atoms with Crippen LogP contribution in [0.15, 0.2) is 24.5 Å². The van der Waals surface area contributed by atoms with E-state index in [1.54, 1.807) is 18.3 Å². The number of carbonyl (C=O) groups is 2. The summed E-state index contributed by atoms with van der Waals surface area (Å²) in [7, 11) is 0. The number of hydrogen-bond donors (Lipinski definition) is 3. The first-order valence-corrected chi connectivity index (χ1v) is 10.1. The number of nitrogens with one attached hydrogen (secondary N) is 2. The average molecular weight is 371 g/mol. The molecule has 4 aliphatic carbocycles. The SMILES string of the molecule is CC[C@@]12C[C@H]3C[C@@](O)(C1)C[C@@](C(=O)NCCNC(=O)c1cccnc1)(C3)C2. The van der Waals surface area contributed by atoms with E-state index in [9.17, 15) is 14.7 Å². The standard InChI is InChI=1S/C21H29N3O3/c1-2-19-8-15-9-20(12-19,14-21(27,10-15)13-19)18(26)24-7-6-23-17(25)16-4-3-5-22-11-16/h3-5,11,15,27H,2,6-10,12-14H2,1H3,(H,23,25)(H,24,26)/t15-,19+,20-,21-/m1/s1. The van der Waals surface area contributed by atoms with Crippen LogP contribution in [0.25, 0.3) is 0 Å². The number of aromatic nitrogens is 1. The van der Waals surface area contributed by atoms with Crippen LogP contribution >= 0.6 is 0 Å². The van der Waals surface area contributed by atoms with E-state index in [1.807, 2.05) is 0 Å². The molecule has 1 aromatic rings. The van der Waals surface area contributed by atoms with E-state index in [4.69, 9.17) is 0 Å². The lowest BCUT2D eigenvalue weighted by Crippen LogP contribution is -2.64. The number of carbonyl (C=O) groups excluding carboxylic acids is 2. The third-order valence-electron chi connectivity index (χ3n) is 7.01. The molecule has 146 valence electrons. The Kier molecular flexibility index (Phi) is 4.49. The van der Waals surface area contributed by atoms with Crippen molar-refractivity contribution in [1.29, 1.82) is 0 Å². The highest BCUT2D eigenvalue weighted by Gasteiger charge is 2.64. The minimum atomic E-state index is -0.665. The van der Waals surface area contributed by atoms with Crippen LogP contribution < -0.4 is 10.6 Å². The quantitative estimate of drug-likeness (QED) is 0.668. The molecule has 1 heterocycles. The van der Waals surface area contributed by atoms with Crippen LogP contribution in [0.1, 0.15) is 62.2 Å². The highest BCUT2D eigenvalue weighted by molar-refractivity contribution is 5.93. The zero-order valence-corrected chi connectivity index (χ0v) is 16.0. The molecule has 0 unspecified atom stereocenters. The van der Waals surface area contributed by atoms with Gasteiger partial charge in [-0.3, -0.25) is 14.6 Å². The summed E-state index contributed by atoms with van der Waals surface area (Å²) >= 11 is 0. The van der Waals surface area contributed by atoms with Crippen molar-refractivity contribution in [3.05, 3.63) is 30.1 Å². The van der Waals surface area contributed by atoms with E-state index in [-0.39, 0.29) is 17.2 Å². The second-order valence-corrected chi connectivity index (χ2v) is 9.12. The van der Waals surface area contributed by atoms with Gasteiger partial charge in [0, 0.05) is 25.5 Å². The first kappa shape index (κ1) is 18.4. The predicted octanol–water partition coefficient (Wildman–Crippen LogP) is 2.04. The molecule has 0 radical (unpaired) electrons. The van der Waals surface area contributed by atoms with Gasteiger partial charge in [-0.15, -0.1) is 0 Å². The summed E-state index contributed by atoms with van der Waals surface area (Å²) in [5.74, 6) is 0.326. The molecule has 0 aromatic carbocycles. The van der Waals surface area contributed by atoms with Crippen LogP contribution in [0.3, 0.4) is 0 Å². The zero-order chi connectivity index (χ0) is 19.1. The molecular weight excluding hydrogens is 342 g/mol. The van der Waals surface area contributed by atoms with Crippen molar-refractivity contribution >= 4 is 11.8 Å². The Bertz CT molecular complexity index is 739. The van der Waals surface area contributed by atoms with Gasteiger partial charge in [-0.25, -0.2) is 0 Å². The van der Waals surface area contributed by atoms with Gasteiger partial charge in [0.15, 0.2) is 0 Å². The van der Waals surface area contributed by atoms with Gasteiger partial charge in [-0.05, 0) is 62.0 Å². The molecule has 4 saturated carbocycles. The van der Waals surface area contributed by atoms with Crippen LogP contribution in [-0.4, -0.2) is 40.6 Å². The van der Waals surface area contributed by atoms with Crippen LogP contribution in [0.4, 0.5) is 0 Å². The fourth-order valence-electron chi connectivity index (χ4n) is 6.37. The van der Waals surface area contributed by atoms with Crippen molar-refractivity contribution in [3.8, 4) is 0 Å². The smallest absolute Gasteiger partial charge is 0.252 e. The van der Waals surface area contributed by atoms with Crippen molar-refractivity contribution in [2.24, 2.45) is 16.7 Å². The molecular formula is C21H29N3O3. The van der Waals surface area contributed by atoms with E-state index < -0.39 is 11.0 Å². The van der Waals surface area contributed by atoms with Crippen molar-refractivity contribution in [2.45, 2.75) is 57.5 Å². The second kappa shape index (κ2) is 6.59. The van der Waals surface area contributed by atoms with E-state index in [2.05, 4.69) is 22.5 Å². The molecule has 4 aliphatic rings. The summed E-state index contributed by atoms with van der Waals surface area (Å²) in [6.07, 6.45) is 9.41. The van der Waals surface area contributed by atoms with Crippen LogP contribution in [0.2, 0.25) is 0 Å². The summed E-state index contributed by atoms with van der Waals surface area (Å²) in [6, 6.07) is 3.43. The summed E-state index contributed by atoms with van der Waals surface area (Å²) < 4.78 is 0. The van der Waals surface area contributed by atoms with Crippen molar-refractivity contribution in [1.82, 2.24) is 15.6 Å². The van der Waals surface area contributed by atoms with Gasteiger partial charge in [0.25, 0.3) is 5.91 Å². The lowest BCUT2D eigenvalue weighted by atomic mass is 9.42. The van der Waals surface area contributed by atoms with Gasteiger partial charge < -0.3 is 15.7 Å². The van der Waals surface area contributed by atoms with E-state index in [0.29, 0.717) is 31.0 Å². The number of hydrogen-bond acceptors (Lipinski definition) is 4. The first-order chi connectivity index (χ1) is 12.9. The van der Waals surface area contributed by atoms with Crippen molar-refractivity contribution in [3.63, 3.8) is 0 Å². The van der Waals surface area contributed by atoms with E-state index in [0.717, 1.165) is 38.5 Å². The van der Waals surface area contributed by atoms with Crippen LogP contribution in [0, 0.1) is 16.7 Å². The highest BCUT2D eigenvalue weighted by Crippen LogP contribution is 2.67. The van der Waals surface area contributed by atoms with Crippen molar-refractivity contribution < 1.29 is 14.7 Å². The van der Waals surface area contributed by atoms with Gasteiger partial charge >= 0.3 is 0 Å². The number of rotatable bonds is 6. The van der Waals surface area contributed by atoms with Crippen molar-refractivity contribution in [2.75, 3.05) is 13.1 Å². The Hall–Kier alpha value is -1.95. The van der Waals surface area contributed by atoms with Gasteiger partial charge in [-0.2, -0.15) is 0 Å². The maximum Gasteiger partial charge on any atom is 0.252 e. The molecule has 3 N–H and O–H groups in total. The van der Waals surface area contributed by atoms with E-state index in [1.165, 1.54) is 6.20 Å². The Morgan fingerprint density at radius 1 is 1.19 bits per heavy atom. The molecule has 2 amide bonds. The third kappa shape index (κ3) is 3.35. The van der Waals surface area contributed by atoms with Gasteiger partial charge in [0.05, 0.1) is 16.6 Å². The minimum Gasteiger partial charge on any atom is -0.390 e. The van der Waals surface area contributed by atoms with Crippen LogP contribution in [-0.2, 0) is 4.79 Å². The van der Waals surface area contributed by atoms with Gasteiger partial charge in [0.1, 0.15) is 0 Å². The maximum absolute atomic E-state index is 13.1. The first-order valence-electron chi connectivity index (χ1n) is 10.1. The van der Waals surface area contributed by atoms with E-state index >= 15 is 0 Å². The summed E-state index contributed by atoms with van der Waals surface area (Å²) in [5.41, 5.74) is -0.462. The topological polar surface area (TPSA) is 91.3 Å². The number of aliphatic hydroxyl groups is 1. The predicted molar refractivity (Wildman–Crippen MR) is 101 cm³/mol. The Morgan fingerprint density at radius 2 is 2.00 bits per heavy atom. The Morgan fingerprint density at radius 3 is 2.70 bits per heavy atom. The molecule has 0 aliphatic heterocycles. The molecule has 4 atom stereocenters. The lowest BCUT2D eigenvalue weighted by Gasteiger charge is -2.64. The molecule has 6 heteroatoms. The fourth-order valence-corrected chi connectivity index (χ4v) is 6.37. The normalized spacial score (nSPS) is 36.4. The Labute approximate surface area is 160 Å². The number of pyridine rings is 1. The monoisotopic (exact) mass is 371 g/mol. The molecule has 1 aromatic heterocycles. The third-order valence-corrected chi connectivity index (χ3v) is 7.01. The highest BCUT2D eigenvalue weighted by atomic mass is 16.3. The lowest BCUT2D eigenvalue weighted by molar-refractivity contribution is -0.204. The van der Waals surface area contributed by atoms with Crippen LogP contribution in [0.5, 0.6) is 0 Å². The molecule has 6 nitrogen and oxygen atoms in total. The maximum atomic E-state index is 13.1. The Balaban J connectivity index is 1.34. The number of nitrogens with zero attached hydrogens (tertiary/aromatic N) is 1. The molecule has 4 fully saturated rings. The summed E-state index contributed by atoms with van der Waals surface area (Å²) in [6.45, 7) is 2.97. The molecule has 5 rings (SSSR count). The van der Waals surface area contributed by atoms with Gasteiger partial charge in [0.2, 0.25) is 5.91 Å². The minimum absolute atomic E-state index is 0.0541.